The molecule has 130 valence electrons. The van der Waals surface area contributed by atoms with Crippen molar-refractivity contribution in [3.63, 3.8) is 0 Å². The third kappa shape index (κ3) is 4.27. The molecule has 2 aromatic rings. The van der Waals surface area contributed by atoms with Crippen molar-refractivity contribution in [3.05, 3.63) is 69.3 Å². The van der Waals surface area contributed by atoms with E-state index >= 15 is 0 Å². The lowest BCUT2D eigenvalue weighted by Crippen LogP contribution is -2.34. The highest BCUT2D eigenvalue weighted by Crippen LogP contribution is 2.31. The number of nitrogens with one attached hydrogen (secondary N) is 1. The molecular formula is C19H18Cl2N2O2. The number of rotatable bonds is 5. The van der Waals surface area contributed by atoms with Crippen LogP contribution < -0.4 is 10.2 Å². The molecule has 0 bridgehead atoms. The highest BCUT2D eigenvalue weighted by molar-refractivity contribution is 6.31. The molecule has 0 amide bonds. The maximum Gasteiger partial charge on any atom is 0.323 e. The van der Waals surface area contributed by atoms with Gasteiger partial charge in [-0.3, -0.25) is 4.79 Å². The number of hydrogen-bond donors (Lipinski definition) is 2. The topological polar surface area (TPSA) is 52.6 Å². The van der Waals surface area contributed by atoms with Crippen LogP contribution in [0.25, 0.3) is 0 Å². The van der Waals surface area contributed by atoms with E-state index in [0.29, 0.717) is 16.6 Å². The minimum absolute atomic E-state index is 0.0947. The van der Waals surface area contributed by atoms with Gasteiger partial charge in [0.1, 0.15) is 6.54 Å². The van der Waals surface area contributed by atoms with Crippen LogP contribution in [0.4, 0.5) is 11.4 Å². The lowest BCUT2D eigenvalue weighted by Gasteiger charge is -2.29. The van der Waals surface area contributed by atoms with Crippen molar-refractivity contribution in [2.45, 2.75) is 13.3 Å². The molecule has 0 aliphatic carbocycles. The van der Waals surface area contributed by atoms with Gasteiger partial charge in [-0.05, 0) is 60.9 Å². The van der Waals surface area contributed by atoms with Gasteiger partial charge < -0.3 is 15.3 Å². The Morgan fingerprint density at radius 1 is 1.16 bits per heavy atom. The Morgan fingerprint density at radius 3 is 2.52 bits per heavy atom. The van der Waals surface area contributed by atoms with E-state index in [2.05, 4.69) is 12.2 Å². The summed E-state index contributed by atoms with van der Waals surface area (Å²) in [6.07, 6.45) is 0.816. The number of hydrogen-bond acceptors (Lipinski definition) is 3. The average Bonchev–Trinajstić information content (AvgIpc) is 2.55. The van der Waals surface area contributed by atoms with Crippen LogP contribution in [0.3, 0.4) is 0 Å². The molecule has 0 unspecified atom stereocenters. The number of aliphatic carboxylic acids is 1. The molecule has 2 N–H and O–H groups in total. The first-order chi connectivity index (χ1) is 11.9. The summed E-state index contributed by atoms with van der Waals surface area (Å²) in [6.45, 7) is 2.43. The van der Waals surface area contributed by atoms with E-state index in [1.165, 1.54) is 11.1 Å². The van der Waals surface area contributed by atoms with Crippen molar-refractivity contribution in [1.82, 2.24) is 0 Å². The van der Waals surface area contributed by atoms with Crippen molar-refractivity contribution in [3.8, 4) is 0 Å². The molecule has 25 heavy (non-hydrogen) atoms. The quantitative estimate of drug-likeness (QED) is 0.784. The zero-order chi connectivity index (χ0) is 18.0. The molecule has 0 spiro atoms. The number of allylic oxidation sites excluding steroid dienone is 1. The summed E-state index contributed by atoms with van der Waals surface area (Å²) in [5.74, 6) is -0.882. The summed E-state index contributed by atoms with van der Waals surface area (Å²) in [4.78, 5) is 13.1. The monoisotopic (exact) mass is 376 g/mol. The van der Waals surface area contributed by atoms with Crippen molar-refractivity contribution in [1.29, 1.82) is 0 Å². The van der Waals surface area contributed by atoms with Gasteiger partial charge in [0.05, 0.1) is 6.54 Å². The van der Waals surface area contributed by atoms with Gasteiger partial charge in [0.15, 0.2) is 0 Å². The first-order valence-electron chi connectivity index (χ1n) is 7.89. The second-order valence-electron chi connectivity index (χ2n) is 6.09. The maximum atomic E-state index is 11.3. The smallest absolute Gasteiger partial charge is 0.323 e. The number of carbonyl (C=O) groups is 1. The van der Waals surface area contributed by atoms with Crippen LogP contribution in [0, 0.1) is 0 Å². The fraction of sp³-hybridized carbons (Fsp3) is 0.211. The van der Waals surface area contributed by atoms with E-state index in [0.717, 1.165) is 23.5 Å². The fourth-order valence-electron chi connectivity index (χ4n) is 2.90. The van der Waals surface area contributed by atoms with Gasteiger partial charge in [0, 0.05) is 27.1 Å². The van der Waals surface area contributed by atoms with Crippen LogP contribution in [0.5, 0.6) is 0 Å². The Kier molecular flexibility index (Phi) is 5.21. The molecule has 0 saturated heterocycles. The highest BCUT2D eigenvalue weighted by atomic mass is 35.5. The number of nitrogens with zero attached hydrogens (tertiary/aromatic N) is 1. The number of carboxylic acids is 1. The minimum atomic E-state index is -0.882. The average molecular weight is 377 g/mol. The maximum absolute atomic E-state index is 11.3. The standard InChI is InChI=1S/C19H18Cl2N2O2/c1-12-8-13-2-3-15(21)9-17(13)22-18(12)10-23(11-19(24)25)16-6-4-14(20)5-7-16/h2-7,9,22H,8,10-11H2,1H3,(H,24,25). The molecule has 1 aliphatic rings. The van der Waals surface area contributed by atoms with Gasteiger partial charge in [-0.25, -0.2) is 0 Å². The molecule has 1 heterocycles. The Hall–Kier alpha value is -2.17. The summed E-state index contributed by atoms with van der Waals surface area (Å²) in [6, 6.07) is 13.0. The predicted molar refractivity (Wildman–Crippen MR) is 103 cm³/mol. The largest absolute Gasteiger partial charge is 0.480 e. The van der Waals surface area contributed by atoms with E-state index in [1.54, 1.807) is 17.0 Å². The number of benzene rings is 2. The molecule has 4 nitrogen and oxygen atoms in total. The molecule has 0 aromatic heterocycles. The predicted octanol–water partition coefficient (Wildman–Crippen LogP) is 4.83. The lowest BCUT2D eigenvalue weighted by atomic mass is 9.98. The van der Waals surface area contributed by atoms with Gasteiger partial charge in [0.25, 0.3) is 0 Å². The summed E-state index contributed by atoms with van der Waals surface area (Å²) in [5.41, 5.74) is 5.14. The first-order valence-corrected chi connectivity index (χ1v) is 8.64. The van der Waals surface area contributed by atoms with Crippen LogP contribution in [0.2, 0.25) is 10.0 Å². The molecule has 0 radical (unpaired) electrons. The minimum Gasteiger partial charge on any atom is -0.480 e. The van der Waals surface area contributed by atoms with Crippen molar-refractivity contribution in [2.24, 2.45) is 0 Å². The van der Waals surface area contributed by atoms with Crippen LogP contribution >= 0.6 is 23.2 Å². The number of carboxylic acid groups (broad SMARTS) is 1. The Balaban J connectivity index is 1.86. The van der Waals surface area contributed by atoms with Crippen molar-refractivity contribution in [2.75, 3.05) is 23.3 Å². The van der Waals surface area contributed by atoms with Crippen molar-refractivity contribution < 1.29 is 9.90 Å². The summed E-state index contributed by atoms with van der Waals surface area (Å²) in [5, 5.41) is 14.0. The summed E-state index contributed by atoms with van der Waals surface area (Å²) in [7, 11) is 0. The SMILES string of the molecule is CC1=C(CN(CC(=O)O)c2ccc(Cl)cc2)Nc2cc(Cl)ccc2C1. The number of anilines is 2. The van der Waals surface area contributed by atoms with Crippen LogP contribution in [-0.4, -0.2) is 24.2 Å². The first kappa shape index (κ1) is 17.6. The Bertz CT molecular complexity index is 832. The van der Waals surface area contributed by atoms with Gasteiger partial charge in [-0.15, -0.1) is 0 Å². The summed E-state index contributed by atoms with van der Waals surface area (Å²) >= 11 is 12.0. The van der Waals surface area contributed by atoms with Gasteiger partial charge in [0.2, 0.25) is 0 Å². The third-order valence-corrected chi connectivity index (χ3v) is 4.68. The van der Waals surface area contributed by atoms with E-state index in [9.17, 15) is 9.90 Å². The van der Waals surface area contributed by atoms with E-state index in [1.807, 2.05) is 30.3 Å². The van der Waals surface area contributed by atoms with Crippen LogP contribution in [0.15, 0.2) is 53.7 Å². The van der Waals surface area contributed by atoms with Crippen LogP contribution in [-0.2, 0) is 11.2 Å². The van der Waals surface area contributed by atoms with Gasteiger partial charge in [-0.1, -0.05) is 29.3 Å². The zero-order valence-corrected chi connectivity index (χ0v) is 15.2. The highest BCUT2D eigenvalue weighted by Gasteiger charge is 2.19. The molecule has 2 aromatic carbocycles. The lowest BCUT2D eigenvalue weighted by molar-refractivity contribution is -0.135. The molecule has 0 atom stereocenters. The molecule has 3 rings (SSSR count). The van der Waals surface area contributed by atoms with Gasteiger partial charge in [-0.2, -0.15) is 0 Å². The summed E-state index contributed by atoms with van der Waals surface area (Å²) < 4.78 is 0. The molecular weight excluding hydrogens is 359 g/mol. The van der Waals surface area contributed by atoms with E-state index in [-0.39, 0.29) is 6.54 Å². The second-order valence-corrected chi connectivity index (χ2v) is 6.96. The van der Waals surface area contributed by atoms with E-state index < -0.39 is 5.97 Å². The molecule has 0 fully saturated rings. The Labute approximate surface area is 156 Å². The molecule has 6 heteroatoms. The fourth-order valence-corrected chi connectivity index (χ4v) is 3.20. The van der Waals surface area contributed by atoms with Crippen molar-refractivity contribution >= 4 is 40.5 Å². The Morgan fingerprint density at radius 2 is 1.84 bits per heavy atom. The molecule has 1 aliphatic heterocycles. The zero-order valence-electron chi connectivity index (χ0n) is 13.7. The van der Waals surface area contributed by atoms with Gasteiger partial charge >= 0.3 is 5.97 Å². The number of halogens is 2. The third-order valence-electron chi connectivity index (χ3n) is 4.20. The van der Waals surface area contributed by atoms with E-state index in [4.69, 9.17) is 23.2 Å². The van der Waals surface area contributed by atoms with Crippen LogP contribution in [0.1, 0.15) is 12.5 Å². The molecule has 0 saturated carbocycles. The normalized spacial score (nSPS) is 13.2. The number of fused-ring (bicyclic) bond motifs is 1. The second kappa shape index (κ2) is 7.38.